The largest absolute Gasteiger partial charge is 0.339 e. The normalized spacial score (nSPS) is 12.2. The van der Waals surface area contributed by atoms with Crippen molar-refractivity contribution in [1.29, 1.82) is 0 Å². The summed E-state index contributed by atoms with van der Waals surface area (Å²) in [4.78, 5) is 19.4. The minimum absolute atomic E-state index is 0.00376. The number of aromatic nitrogens is 1. The fraction of sp³-hybridized carbons (Fsp3) is 0.286. The van der Waals surface area contributed by atoms with Gasteiger partial charge in [0.25, 0.3) is 5.91 Å². The van der Waals surface area contributed by atoms with Crippen molar-refractivity contribution < 1.29 is 4.79 Å². The van der Waals surface area contributed by atoms with Gasteiger partial charge in [0.1, 0.15) is 4.60 Å². The van der Waals surface area contributed by atoms with Crippen molar-refractivity contribution >= 4 is 33.2 Å². The maximum atomic E-state index is 12.3. The molecule has 0 radical (unpaired) electrons. The molecule has 0 aliphatic carbocycles. The van der Waals surface area contributed by atoms with Crippen molar-refractivity contribution in [2.75, 3.05) is 7.05 Å². The van der Waals surface area contributed by atoms with E-state index in [2.05, 4.69) is 39.3 Å². The van der Waals surface area contributed by atoms with Gasteiger partial charge in [-0.1, -0.05) is 6.07 Å². The summed E-state index contributed by atoms with van der Waals surface area (Å²) >= 11 is 4.99. The zero-order valence-electron chi connectivity index (χ0n) is 10.8. The summed E-state index contributed by atoms with van der Waals surface area (Å²) in [6.07, 6.45) is 2.48. The number of amides is 1. The molecule has 2 heterocycles. The van der Waals surface area contributed by atoms with Crippen molar-refractivity contribution in [2.24, 2.45) is 0 Å². The summed E-state index contributed by atoms with van der Waals surface area (Å²) in [5.74, 6) is 0.00376. The van der Waals surface area contributed by atoms with Crippen LogP contribution in [0.25, 0.3) is 0 Å². The van der Waals surface area contributed by atoms with Crippen LogP contribution in [0.2, 0.25) is 0 Å². The van der Waals surface area contributed by atoms with E-state index in [1.54, 1.807) is 34.6 Å². The molecule has 2 aromatic rings. The predicted octanol–water partition coefficient (Wildman–Crippen LogP) is 3.61. The van der Waals surface area contributed by atoms with Crippen molar-refractivity contribution in [2.45, 2.75) is 19.4 Å². The van der Waals surface area contributed by atoms with Crippen molar-refractivity contribution in [3.63, 3.8) is 0 Å². The second-order valence-corrected chi connectivity index (χ2v) is 6.26. The van der Waals surface area contributed by atoms with Gasteiger partial charge in [0, 0.05) is 30.6 Å². The molecule has 19 heavy (non-hydrogen) atoms. The fourth-order valence-electron chi connectivity index (χ4n) is 1.76. The molecule has 0 saturated carbocycles. The molecule has 0 aromatic carbocycles. The first-order valence-electron chi connectivity index (χ1n) is 5.99. The van der Waals surface area contributed by atoms with E-state index in [1.165, 1.54) is 4.88 Å². The van der Waals surface area contributed by atoms with Gasteiger partial charge in [-0.3, -0.25) is 4.79 Å². The third-order valence-electron chi connectivity index (χ3n) is 3.03. The molecule has 100 valence electrons. The maximum absolute atomic E-state index is 12.3. The Hall–Kier alpha value is -1.20. The maximum Gasteiger partial charge on any atom is 0.255 e. The van der Waals surface area contributed by atoms with Gasteiger partial charge in [-0.2, -0.15) is 0 Å². The molecule has 0 N–H and O–H groups in total. The van der Waals surface area contributed by atoms with Gasteiger partial charge in [-0.05, 0) is 46.4 Å². The highest BCUT2D eigenvalue weighted by Crippen LogP contribution is 2.15. The van der Waals surface area contributed by atoms with Gasteiger partial charge in [0.05, 0.1) is 5.56 Å². The van der Waals surface area contributed by atoms with Crippen LogP contribution in [0.4, 0.5) is 0 Å². The Bertz CT molecular complexity index is 539. The first-order valence-corrected chi connectivity index (χ1v) is 7.66. The Morgan fingerprint density at radius 2 is 2.26 bits per heavy atom. The number of carbonyl (C=O) groups excluding carboxylic acids is 1. The average molecular weight is 339 g/mol. The summed E-state index contributed by atoms with van der Waals surface area (Å²) in [5.41, 5.74) is 0.615. The standard InChI is InChI=1S/C14H15BrN2OS/c1-10(8-12-4-3-7-19-12)17(2)14(18)11-5-6-13(15)16-9-11/h3-7,9-10H,8H2,1-2H3. The van der Waals surface area contributed by atoms with Crippen LogP contribution in [-0.2, 0) is 6.42 Å². The van der Waals surface area contributed by atoms with Crippen molar-refractivity contribution in [3.05, 3.63) is 50.9 Å². The van der Waals surface area contributed by atoms with Gasteiger partial charge in [-0.15, -0.1) is 11.3 Å². The van der Waals surface area contributed by atoms with Gasteiger partial charge >= 0.3 is 0 Å². The zero-order chi connectivity index (χ0) is 13.8. The Labute approximate surface area is 125 Å². The van der Waals surface area contributed by atoms with Gasteiger partial charge < -0.3 is 4.90 Å². The van der Waals surface area contributed by atoms with Crippen LogP contribution >= 0.6 is 27.3 Å². The molecular weight excluding hydrogens is 324 g/mol. The lowest BCUT2D eigenvalue weighted by Gasteiger charge is -2.24. The quantitative estimate of drug-likeness (QED) is 0.798. The molecule has 1 unspecified atom stereocenters. The summed E-state index contributed by atoms with van der Waals surface area (Å²) in [6, 6.07) is 7.86. The molecule has 3 nitrogen and oxygen atoms in total. The number of rotatable bonds is 4. The number of thiophene rings is 1. The number of hydrogen-bond donors (Lipinski definition) is 0. The zero-order valence-corrected chi connectivity index (χ0v) is 13.2. The summed E-state index contributed by atoms with van der Waals surface area (Å²) in [5, 5.41) is 2.06. The molecule has 0 aliphatic rings. The molecule has 2 aromatic heterocycles. The van der Waals surface area contributed by atoms with E-state index in [0.717, 1.165) is 11.0 Å². The fourth-order valence-corrected chi connectivity index (χ4v) is 2.82. The third kappa shape index (κ3) is 3.64. The highest BCUT2D eigenvalue weighted by Gasteiger charge is 2.18. The van der Waals surface area contributed by atoms with Crippen LogP contribution in [0.5, 0.6) is 0 Å². The first kappa shape index (κ1) is 14.2. The van der Waals surface area contributed by atoms with E-state index in [0.29, 0.717) is 5.56 Å². The molecular formula is C14H15BrN2OS. The summed E-state index contributed by atoms with van der Waals surface area (Å²) in [7, 11) is 1.84. The van der Waals surface area contributed by atoms with Crippen molar-refractivity contribution in [1.82, 2.24) is 9.88 Å². The van der Waals surface area contributed by atoms with Crippen LogP contribution < -0.4 is 0 Å². The lowest BCUT2D eigenvalue weighted by molar-refractivity contribution is 0.0743. The Balaban J connectivity index is 2.04. The molecule has 5 heteroatoms. The summed E-state index contributed by atoms with van der Waals surface area (Å²) < 4.78 is 0.735. The van der Waals surface area contributed by atoms with Gasteiger partial charge in [0.15, 0.2) is 0 Å². The van der Waals surface area contributed by atoms with Crippen LogP contribution in [0.15, 0.2) is 40.4 Å². The molecule has 0 saturated heterocycles. The Morgan fingerprint density at radius 1 is 1.47 bits per heavy atom. The van der Waals surface area contributed by atoms with Crippen LogP contribution in [0, 0.1) is 0 Å². The van der Waals surface area contributed by atoms with Crippen LogP contribution in [-0.4, -0.2) is 28.9 Å². The predicted molar refractivity (Wildman–Crippen MR) is 81.5 cm³/mol. The lowest BCUT2D eigenvalue weighted by atomic mass is 10.1. The first-order chi connectivity index (χ1) is 9.08. The second kappa shape index (κ2) is 6.30. The molecule has 0 bridgehead atoms. The summed E-state index contributed by atoms with van der Waals surface area (Å²) in [6.45, 7) is 2.06. The molecule has 0 aliphatic heterocycles. The topological polar surface area (TPSA) is 33.2 Å². The smallest absolute Gasteiger partial charge is 0.255 e. The van der Waals surface area contributed by atoms with E-state index in [-0.39, 0.29) is 11.9 Å². The van der Waals surface area contributed by atoms with Crippen LogP contribution in [0.1, 0.15) is 22.2 Å². The number of halogens is 1. The van der Waals surface area contributed by atoms with E-state index in [9.17, 15) is 4.79 Å². The number of likely N-dealkylation sites (N-methyl/N-ethyl adjacent to an activating group) is 1. The Kier molecular flexibility index (Phi) is 4.71. The molecule has 1 atom stereocenters. The Morgan fingerprint density at radius 3 is 2.84 bits per heavy atom. The van der Waals surface area contributed by atoms with Crippen LogP contribution in [0.3, 0.4) is 0 Å². The third-order valence-corrected chi connectivity index (χ3v) is 4.40. The second-order valence-electron chi connectivity index (χ2n) is 4.42. The highest BCUT2D eigenvalue weighted by molar-refractivity contribution is 9.10. The average Bonchev–Trinajstić information content (AvgIpc) is 2.90. The van der Waals surface area contributed by atoms with E-state index < -0.39 is 0 Å². The number of pyridine rings is 1. The highest BCUT2D eigenvalue weighted by atomic mass is 79.9. The lowest BCUT2D eigenvalue weighted by Crippen LogP contribution is -2.36. The van der Waals surface area contributed by atoms with E-state index in [4.69, 9.17) is 0 Å². The number of nitrogens with zero attached hydrogens (tertiary/aromatic N) is 2. The molecule has 0 spiro atoms. The molecule has 2 rings (SSSR count). The minimum atomic E-state index is 0.00376. The minimum Gasteiger partial charge on any atom is -0.339 e. The number of hydrogen-bond acceptors (Lipinski definition) is 3. The monoisotopic (exact) mass is 338 g/mol. The van der Waals surface area contributed by atoms with E-state index in [1.807, 2.05) is 13.1 Å². The molecule has 1 amide bonds. The van der Waals surface area contributed by atoms with Crippen molar-refractivity contribution in [3.8, 4) is 0 Å². The SMILES string of the molecule is CC(Cc1cccs1)N(C)C(=O)c1ccc(Br)nc1. The van der Waals surface area contributed by atoms with Gasteiger partial charge in [-0.25, -0.2) is 4.98 Å². The van der Waals surface area contributed by atoms with E-state index >= 15 is 0 Å². The number of carbonyl (C=O) groups is 1. The van der Waals surface area contributed by atoms with Gasteiger partial charge in [0.2, 0.25) is 0 Å². The molecule has 0 fully saturated rings.